The minimum atomic E-state index is 0.254. The quantitative estimate of drug-likeness (QED) is 0.276. The molecule has 4 N–H and O–H groups in total. The monoisotopic (exact) mass is 536 g/mol. The fourth-order valence-electron chi connectivity index (χ4n) is 5.81. The van der Waals surface area contributed by atoms with Gasteiger partial charge < -0.3 is 16.4 Å². The molecule has 0 fully saturated rings. The number of hydrogen-bond donors (Lipinski definition) is 3. The Hall–Kier alpha value is -3.78. The van der Waals surface area contributed by atoms with Crippen LogP contribution in [-0.2, 0) is 25.7 Å². The van der Waals surface area contributed by atoms with Gasteiger partial charge in [-0.15, -0.1) is 15.3 Å². The van der Waals surface area contributed by atoms with Gasteiger partial charge in [-0.3, -0.25) is 0 Å². The van der Waals surface area contributed by atoms with Crippen LogP contribution >= 0.6 is 0 Å². The molecule has 0 saturated heterocycles. The average Bonchev–Trinajstić information content (AvgIpc) is 3.08. The van der Waals surface area contributed by atoms with Crippen LogP contribution in [0.25, 0.3) is 17.1 Å². The highest BCUT2D eigenvalue weighted by atomic mass is 15.4. The van der Waals surface area contributed by atoms with E-state index in [9.17, 15) is 0 Å². The van der Waals surface area contributed by atoms with E-state index in [1.165, 1.54) is 16.7 Å². The molecule has 1 unspecified atom stereocenters. The number of anilines is 3. The zero-order valence-electron chi connectivity index (χ0n) is 24.0. The largest absolute Gasteiger partial charge is 0.368 e. The summed E-state index contributed by atoms with van der Waals surface area (Å²) in [6.07, 6.45) is 7.48. The first-order chi connectivity index (χ1) is 19.2. The molecule has 8 nitrogen and oxygen atoms in total. The summed E-state index contributed by atoms with van der Waals surface area (Å²) in [5.41, 5.74) is 14.9. The van der Waals surface area contributed by atoms with Gasteiger partial charge in [-0.1, -0.05) is 51.1 Å². The summed E-state index contributed by atoms with van der Waals surface area (Å²) in [7, 11) is 0. The van der Waals surface area contributed by atoms with Crippen LogP contribution in [-0.4, -0.2) is 37.0 Å². The molecule has 208 valence electrons. The van der Waals surface area contributed by atoms with Gasteiger partial charge in [0.2, 0.25) is 11.9 Å². The summed E-state index contributed by atoms with van der Waals surface area (Å²) in [5, 5.41) is 21.0. The maximum Gasteiger partial charge on any atom is 0.248 e. The number of hydrogen-bond acceptors (Lipinski definition) is 7. The molecule has 8 heteroatoms. The van der Waals surface area contributed by atoms with E-state index in [0.29, 0.717) is 23.8 Å². The maximum atomic E-state index is 6.30. The van der Waals surface area contributed by atoms with Crippen LogP contribution in [0.15, 0.2) is 48.5 Å². The first-order valence-electron chi connectivity index (χ1n) is 14.6. The van der Waals surface area contributed by atoms with Crippen LogP contribution in [0.5, 0.6) is 0 Å². The molecule has 6 rings (SSSR count). The second kappa shape index (κ2) is 10.7. The normalized spacial score (nSPS) is 17.6. The van der Waals surface area contributed by atoms with E-state index >= 15 is 0 Å². The molecule has 2 atom stereocenters. The summed E-state index contributed by atoms with van der Waals surface area (Å²) in [5.74, 6) is 1.32. The highest BCUT2D eigenvalue weighted by molar-refractivity contribution is 5.68. The van der Waals surface area contributed by atoms with Crippen molar-refractivity contribution >= 4 is 17.6 Å². The fourth-order valence-corrected chi connectivity index (χ4v) is 5.81. The van der Waals surface area contributed by atoms with Gasteiger partial charge in [-0.25, -0.2) is 0 Å². The Morgan fingerprint density at radius 2 is 1.68 bits per heavy atom. The van der Waals surface area contributed by atoms with Crippen molar-refractivity contribution < 1.29 is 0 Å². The zero-order valence-corrected chi connectivity index (χ0v) is 24.0. The lowest BCUT2D eigenvalue weighted by Gasteiger charge is -2.32. The molecule has 0 amide bonds. The van der Waals surface area contributed by atoms with Crippen molar-refractivity contribution in [1.29, 1.82) is 0 Å². The molecule has 2 aromatic carbocycles. The number of rotatable bonds is 5. The minimum Gasteiger partial charge on any atom is -0.368 e. The third-order valence-electron chi connectivity index (χ3n) is 8.65. The van der Waals surface area contributed by atoms with Gasteiger partial charge in [0.15, 0.2) is 5.82 Å². The van der Waals surface area contributed by atoms with E-state index in [4.69, 9.17) is 5.73 Å². The number of nitrogen functional groups attached to an aromatic ring is 1. The number of fused-ring (bicyclic) bond motifs is 4. The van der Waals surface area contributed by atoms with Crippen molar-refractivity contribution in [3.05, 3.63) is 70.8 Å². The van der Waals surface area contributed by atoms with Gasteiger partial charge in [-0.05, 0) is 97.7 Å². The van der Waals surface area contributed by atoms with Gasteiger partial charge in [0.05, 0.1) is 5.69 Å². The van der Waals surface area contributed by atoms with Gasteiger partial charge >= 0.3 is 0 Å². The SMILES string of the molecule is CC(N[C@@H]1CCc2ccc(Nc3nc(N)n(-c4cc5c(nn4)-c4ccccc4CCC5)n3)cc2CC1)C(C)(C)C. The van der Waals surface area contributed by atoms with Crippen LogP contribution in [0.2, 0.25) is 0 Å². The first-order valence-corrected chi connectivity index (χ1v) is 14.6. The standard InChI is InChI=1S/C32H40N8/c1-20(32(2,3)4)34-25-15-12-21-13-17-26(18-23(21)14-16-25)35-31-36-30(33)40(39-31)28-19-24-10-7-9-22-8-5-6-11-27(22)29(24)38-37-28/h5-6,8,11,13,17-20,25,34H,7,9-10,12,14-16H2,1-4H3,(H3,33,35,36,39)/t20?,25-/m1/s1. The number of nitrogens with zero attached hydrogens (tertiary/aromatic N) is 5. The lowest BCUT2D eigenvalue weighted by molar-refractivity contribution is 0.254. The first kappa shape index (κ1) is 26.4. The van der Waals surface area contributed by atoms with Crippen molar-refractivity contribution in [3.8, 4) is 17.1 Å². The Balaban J connectivity index is 1.18. The smallest absolute Gasteiger partial charge is 0.248 e. The van der Waals surface area contributed by atoms with Crippen molar-refractivity contribution in [3.63, 3.8) is 0 Å². The van der Waals surface area contributed by atoms with Crippen LogP contribution in [0.3, 0.4) is 0 Å². The van der Waals surface area contributed by atoms with Crippen molar-refractivity contribution in [2.45, 2.75) is 84.7 Å². The molecule has 4 aromatic rings. The molecular formula is C32H40N8. The number of benzene rings is 2. The Bertz CT molecular complexity index is 1520. The molecule has 2 aromatic heterocycles. The number of aromatic nitrogens is 5. The van der Waals surface area contributed by atoms with Crippen LogP contribution in [0.1, 0.15) is 69.2 Å². The Morgan fingerprint density at radius 1 is 0.900 bits per heavy atom. The van der Waals surface area contributed by atoms with Crippen molar-refractivity contribution in [1.82, 2.24) is 30.3 Å². The minimum absolute atomic E-state index is 0.254. The van der Waals surface area contributed by atoms with Crippen molar-refractivity contribution in [2.75, 3.05) is 11.1 Å². The number of nitrogens with two attached hydrogens (primary N) is 1. The van der Waals surface area contributed by atoms with Gasteiger partial charge in [0.1, 0.15) is 0 Å². The second-order valence-corrected chi connectivity index (χ2v) is 12.4. The van der Waals surface area contributed by atoms with E-state index in [1.807, 2.05) is 6.07 Å². The van der Waals surface area contributed by atoms with Crippen molar-refractivity contribution in [2.24, 2.45) is 5.41 Å². The molecule has 2 aliphatic rings. The lowest BCUT2D eigenvalue weighted by atomic mass is 9.87. The summed E-state index contributed by atoms with van der Waals surface area (Å²) in [4.78, 5) is 4.49. The maximum absolute atomic E-state index is 6.30. The molecule has 2 heterocycles. The highest BCUT2D eigenvalue weighted by Crippen LogP contribution is 2.32. The third-order valence-corrected chi connectivity index (χ3v) is 8.65. The van der Waals surface area contributed by atoms with E-state index in [1.54, 1.807) is 4.68 Å². The molecular weight excluding hydrogens is 496 g/mol. The summed E-state index contributed by atoms with van der Waals surface area (Å²) < 4.78 is 1.57. The fraction of sp³-hybridized carbons (Fsp3) is 0.438. The van der Waals surface area contributed by atoms with E-state index in [-0.39, 0.29) is 11.4 Å². The van der Waals surface area contributed by atoms with E-state index in [0.717, 1.165) is 67.5 Å². The molecule has 0 saturated carbocycles. The summed E-state index contributed by atoms with van der Waals surface area (Å²) >= 11 is 0. The predicted octanol–water partition coefficient (Wildman–Crippen LogP) is 5.81. The average molecular weight is 537 g/mol. The molecule has 0 bridgehead atoms. The number of aryl methyl sites for hydroxylation is 4. The Morgan fingerprint density at radius 3 is 2.50 bits per heavy atom. The third kappa shape index (κ3) is 5.45. The topological polar surface area (TPSA) is 107 Å². The van der Waals surface area contributed by atoms with Gasteiger partial charge in [0.25, 0.3) is 0 Å². The number of nitrogens with one attached hydrogen (secondary N) is 2. The van der Waals surface area contributed by atoms with Gasteiger partial charge in [0, 0.05) is 23.3 Å². The Kier molecular flexibility index (Phi) is 7.04. The highest BCUT2D eigenvalue weighted by Gasteiger charge is 2.25. The lowest BCUT2D eigenvalue weighted by Crippen LogP contribution is -2.44. The predicted molar refractivity (Wildman–Crippen MR) is 161 cm³/mol. The molecule has 40 heavy (non-hydrogen) atoms. The van der Waals surface area contributed by atoms with Crippen LogP contribution in [0, 0.1) is 5.41 Å². The molecule has 0 spiro atoms. The molecule has 0 radical (unpaired) electrons. The summed E-state index contributed by atoms with van der Waals surface area (Å²) in [6, 6.07) is 18.1. The zero-order chi connectivity index (χ0) is 27.9. The second-order valence-electron chi connectivity index (χ2n) is 12.4. The Labute approximate surface area is 236 Å². The summed E-state index contributed by atoms with van der Waals surface area (Å²) in [6.45, 7) is 9.20. The van der Waals surface area contributed by atoms with Crippen LogP contribution < -0.4 is 16.4 Å². The van der Waals surface area contributed by atoms with Gasteiger partial charge in [-0.2, -0.15) is 9.67 Å². The van der Waals surface area contributed by atoms with E-state index in [2.05, 4.69) is 101 Å². The van der Waals surface area contributed by atoms with Crippen LogP contribution in [0.4, 0.5) is 17.6 Å². The molecule has 0 aliphatic heterocycles. The molecule has 2 aliphatic carbocycles. The van der Waals surface area contributed by atoms with E-state index < -0.39 is 0 Å².